The van der Waals surface area contributed by atoms with E-state index < -0.39 is 0 Å². The number of para-hydroxylation sites is 2. The number of likely N-dealkylation sites (N-methyl/N-ethyl adjacent to an activating group) is 1. The topological polar surface area (TPSA) is 23.6 Å². The van der Waals surface area contributed by atoms with Crippen LogP contribution in [0.25, 0.3) is 0 Å². The van der Waals surface area contributed by atoms with E-state index in [1.54, 1.807) is 6.07 Å². The average Bonchev–Trinajstić information content (AvgIpc) is 2.88. The molecule has 2 aliphatic rings. The van der Waals surface area contributed by atoms with Gasteiger partial charge in [-0.2, -0.15) is 0 Å². The summed E-state index contributed by atoms with van der Waals surface area (Å²) in [7, 11) is 2.05. The molecular formula is C29H28Cl2N2O. The zero-order valence-corrected chi connectivity index (χ0v) is 21.2. The van der Waals surface area contributed by atoms with Crippen LogP contribution in [-0.2, 0) is 11.3 Å². The standard InChI is InChI=1S/C29H28Cl2N2O/c1-29(2)16-25-27(26(34)17-29)28(21-14-13-20(30)15-22(21)31)32(3)23-11-7-8-12-24(23)33(25)18-19-9-5-4-6-10-19/h4-15,28H,16-18H2,1-3H3. The lowest BCUT2D eigenvalue weighted by Crippen LogP contribution is -2.36. The number of anilines is 2. The molecular weight excluding hydrogens is 463 g/mol. The molecule has 1 heterocycles. The predicted octanol–water partition coefficient (Wildman–Crippen LogP) is 7.83. The summed E-state index contributed by atoms with van der Waals surface area (Å²) in [5, 5.41) is 1.16. The molecule has 1 unspecified atom stereocenters. The summed E-state index contributed by atoms with van der Waals surface area (Å²) in [6, 6.07) is 24.1. The van der Waals surface area contributed by atoms with Crippen molar-refractivity contribution in [3.63, 3.8) is 0 Å². The number of ketones is 1. The van der Waals surface area contributed by atoms with Gasteiger partial charge in [0.15, 0.2) is 5.78 Å². The first kappa shape index (κ1) is 23.0. The number of benzene rings is 3. The number of hydrogen-bond donors (Lipinski definition) is 0. The third kappa shape index (κ3) is 4.12. The van der Waals surface area contributed by atoms with E-state index in [9.17, 15) is 4.79 Å². The van der Waals surface area contributed by atoms with Crippen molar-refractivity contribution in [2.75, 3.05) is 16.8 Å². The first-order chi connectivity index (χ1) is 16.2. The molecule has 1 aliphatic heterocycles. The van der Waals surface area contributed by atoms with E-state index in [1.807, 2.05) is 24.3 Å². The van der Waals surface area contributed by atoms with Crippen molar-refractivity contribution >= 4 is 40.4 Å². The zero-order chi connectivity index (χ0) is 24.0. The van der Waals surface area contributed by atoms with Gasteiger partial charge in [0.1, 0.15) is 0 Å². The molecule has 0 bridgehead atoms. The fourth-order valence-electron chi connectivity index (χ4n) is 5.36. The molecule has 0 spiro atoms. The highest BCUT2D eigenvalue weighted by Gasteiger charge is 2.43. The van der Waals surface area contributed by atoms with Gasteiger partial charge in [0.2, 0.25) is 0 Å². The van der Waals surface area contributed by atoms with Crippen LogP contribution in [0.3, 0.4) is 0 Å². The number of fused-ring (bicyclic) bond motifs is 1. The number of nitrogens with zero attached hydrogens (tertiary/aromatic N) is 2. The third-order valence-electron chi connectivity index (χ3n) is 6.88. The van der Waals surface area contributed by atoms with Crippen molar-refractivity contribution in [2.45, 2.75) is 39.3 Å². The van der Waals surface area contributed by atoms with Crippen molar-refractivity contribution in [3.05, 3.63) is 105 Å². The second kappa shape index (κ2) is 8.79. The monoisotopic (exact) mass is 490 g/mol. The SMILES string of the molecule is CN1c2ccccc2N(Cc2ccccc2)C2=C(C(=O)CC(C)(C)C2)C1c1ccc(Cl)cc1Cl. The number of rotatable bonds is 3. The molecule has 3 aromatic rings. The second-order valence-electron chi connectivity index (χ2n) is 10.0. The Bertz CT molecular complexity index is 1280. The lowest BCUT2D eigenvalue weighted by Gasteiger charge is -2.39. The summed E-state index contributed by atoms with van der Waals surface area (Å²) in [6.45, 7) is 5.05. The van der Waals surface area contributed by atoms with Crippen molar-refractivity contribution in [3.8, 4) is 0 Å². The average molecular weight is 491 g/mol. The van der Waals surface area contributed by atoms with Gasteiger partial charge in [-0.15, -0.1) is 0 Å². The number of halogens is 2. The van der Waals surface area contributed by atoms with Gasteiger partial charge in [0.25, 0.3) is 0 Å². The summed E-state index contributed by atoms with van der Waals surface area (Å²) in [5.41, 5.74) is 6.04. The summed E-state index contributed by atoms with van der Waals surface area (Å²) in [6.07, 6.45) is 1.32. The number of carbonyl (C=O) groups excluding carboxylic acids is 1. The molecule has 5 heteroatoms. The van der Waals surface area contributed by atoms with Crippen LogP contribution in [0.5, 0.6) is 0 Å². The van der Waals surface area contributed by atoms with Crippen LogP contribution in [0.4, 0.5) is 11.4 Å². The highest BCUT2D eigenvalue weighted by atomic mass is 35.5. The first-order valence-corrected chi connectivity index (χ1v) is 12.4. The van der Waals surface area contributed by atoms with E-state index in [0.717, 1.165) is 34.6 Å². The van der Waals surface area contributed by atoms with E-state index in [4.69, 9.17) is 23.2 Å². The molecule has 5 rings (SSSR count). The fraction of sp³-hybridized carbons (Fsp3) is 0.276. The van der Waals surface area contributed by atoms with Gasteiger partial charge in [0, 0.05) is 41.3 Å². The van der Waals surface area contributed by atoms with E-state index in [1.165, 1.54) is 5.56 Å². The fourth-order valence-corrected chi connectivity index (χ4v) is 5.87. The Hall–Kier alpha value is -2.75. The normalized spacial score (nSPS) is 19.6. The van der Waals surface area contributed by atoms with Crippen molar-refractivity contribution < 1.29 is 4.79 Å². The number of allylic oxidation sites excluding steroid dienone is 1. The molecule has 174 valence electrons. The Kier molecular flexibility index (Phi) is 5.95. The van der Waals surface area contributed by atoms with Crippen molar-refractivity contribution in [2.24, 2.45) is 5.41 Å². The van der Waals surface area contributed by atoms with Gasteiger partial charge in [-0.05, 0) is 47.2 Å². The number of Topliss-reactive ketones (excluding diaryl/α,β-unsaturated/α-hetero) is 1. The molecule has 0 fully saturated rings. The smallest absolute Gasteiger partial charge is 0.163 e. The van der Waals surface area contributed by atoms with Gasteiger partial charge in [-0.3, -0.25) is 4.79 Å². The minimum atomic E-state index is -0.301. The van der Waals surface area contributed by atoms with Gasteiger partial charge in [-0.1, -0.05) is 85.6 Å². The van der Waals surface area contributed by atoms with E-state index in [-0.39, 0.29) is 17.2 Å². The summed E-state index contributed by atoms with van der Waals surface area (Å²) < 4.78 is 0. The first-order valence-electron chi connectivity index (χ1n) is 11.6. The minimum Gasteiger partial charge on any atom is -0.362 e. The molecule has 0 aromatic heterocycles. The molecule has 0 saturated heterocycles. The number of hydrogen-bond acceptors (Lipinski definition) is 3. The van der Waals surface area contributed by atoms with Crippen LogP contribution in [0.2, 0.25) is 10.0 Å². The lowest BCUT2D eigenvalue weighted by molar-refractivity contribution is -0.118. The van der Waals surface area contributed by atoms with Crippen LogP contribution < -0.4 is 9.80 Å². The summed E-state index contributed by atoms with van der Waals surface area (Å²) >= 11 is 13.0. The minimum absolute atomic E-state index is 0.128. The second-order valence-corrected chi connectivity index (χ2v) is 10.9. The van der Waals surface area contributed by atoms with E-state index >= 15 is 0 Å². The molecule has 3 nitrogen and oxygen atoms in total. The Morgan fingerprint density at radius 1 is 0.912 bits per heavy atom. The van der Waals surface area contributed by atoms with Crippen molar-refractivity contribution in [1.29, 1.82) is 0 Å². The Labute approximate surface area is 211 Å². The maximum absolute atomic E-state index is 13.9. The molecule has 3 aromatic carbocycles. The van der Waals surface area contributed by atoms with Crippen LogP contribution in [0, 0.1) is 5.41 Å². The van der Waals surface area contributed by atoms with Gasteiger partial charge in [-0.25, -0.2) is 0 Å². The summed E-state index contributed by atoms with van der Waals surface area (Å²) in [4.78, 5) is 18.4. The quantitative estimate of drug-likeness (QED) is 0.373. The molecule has 0 radical (unpaired) electrons. The largest absolute Gasteiger partial charge is 0.362 e. The summed E-state index contributed by atoms with van der Waals surface area (Å²) in [5.74, 6) is 0.181. The van der Waals surface area contributed by atoms with Crippen LogP contribution in [0.15, 0.2) is 84.1 Å². The van der Waals surface area contributed by atoms with Gasteiger partial charge >= 0.3 is 0 Å². The molecule has 34 heavy (non-hydrogen) atoms. The zero-order valence-electron chi connectivity index (χ0n) is 19.7. The molecule has 1 atom stereocenters. The Morgan fingerprint density at radius 2 is 1.59 bits per heavy atom. The molecule has 0 saturated carbocycles. The molecule has 0 N–H and O–H groups in total. The molecule has 0 amide bonds. The highest BCUT2D eigenvalue weighted by molar-refractivity contribution is 6.35. The lowest BCUT2D eigenvalue weighted by atomic mass is 9.73. The Balaban J connectivity index is 1.79. The Morgan fingerprint density at radius 3 is 2.29 bits per heavy atom. The van der Waals surface area contributed by atoms with E-state index in [0.29, 0.717) is 23.0 Å². The van der Waals surface area contributed by atoms with E-state index in [2.05, 4.69) is 73.2 Å². The predicted molar refractivity (Wildman–Crippen MR) is 142 cm³/mol. The number of carbonyl (C=O) groups is 1. The van der Waals surface area contributed by atoms with Gasteiger partial charge < -0.3 is 9.80 Å². The maximum atomic E-state index is 13.9. The van der Waals surface area contributed by atoms with Crippen LogP contribution in [-0.4, -0.2) is 12.8 Å². The van der Waals surface area contributed by atoms with Crippen LogP contribution in [0.1, 0.15) is 43.9 Å². The maximum Gasteiger partial charge on any atom is 0.163 e. The third-order valence-corrected chi connectivity index (χ3v) is 7.44. The van der Waals surface area contributed by atoms with Gasteiger partial charge in [0.05, 0.1) is 17.4 Å². The van der Waals surface area contributed by atoms with Crippen molar-refractivity contribution in [1.82, 2.24) is 0 Å². The van der Waals surface area contributed by atoms with Crippen LogP contribution >= 0.6 is 23.2 Å². The highest BCUT2D eigenvalue weighted by Crippen LogP contribution is 2.51. The molecule has 1 aliphatic carbocycles.